The minimum absolute atomic E-state index is 0.409. The predicted octanol–water partition coefficient (Wildman–Crippen LogP) is 3.32. The van der Waals surface area contributed by atoms with Crippen LogP contribution in [-0.4, -0.2) is 25.2 Å². The summed E-state index contributed by atoms with van der Waals surface area (Å²) < 4.78 is 1.38. The van der Waals surface area contributed by atoms with Crippen LogP contribution in [0.25, 0.3) is 0 Å². The van der Waals surface area contributed by atoms with Crippen LogP contribution in [0.5, 0.6) is 0 Å². The van der Waals surface area contributed by atoms with Crippen LogP contribution in [0.1, 0.15) is 31.2 Å². The third kappa shape index (κ3) is 2.27. The first-order valence-electron chi connectivity index (χ1n) is 6.95. The number of hydrogen-bond donors (Lipinski definition) is 1. The molecule has 0 amide bonds. The highest BCUT2D eigenvalue weighted by Gasteiger charge is 2.37. The van der Waals surface area contributed by atoms with E-state index in [-0.39, 0.29) is 0 Å². The van der Waals surface area contributed by atoms with Gasteiger partial charge in [-0.2, -0.15) is 0 Å². The summed E-state index contributed by atoms with van der Waals surface area (Å²) in [6.07, 6.45) is 5.50. The van der Waals surface area contributed by atoms with Crippen molar-refractivity contribution in [3.05, 3.63) is 27.3 Å². The number of hydrogen-bond acceptors (Lipinski definition) is 2. The van der Waals surface area contributed by atoms with Crippen molar-refractivity contribution in [1.29, 1.82) is 0 Å². The van der Waals surface area contributed by atoms with Crippen molar-refractivity contribution in [2.24, 2.45) is 0 Å². The monoisotopic (exact) mass is 356 g/mol. The average molecular weight is 356 g/mol. The summed E-state index contributed by atoms with van der Waals surface area (Å²) in [7, 11) is 0. The molecule has 1 aromatic rings. The Bertz CT molecular complexity index is 438. The maximum Gasteiger partial charge on any atom is 0.0407 e. The number of benzene rings is 1. The van der Waals surface area contributed by atoms with E-state index in [0.29, 0.717) is 5.54 Å². The fraction of sp³-hybridized carbons (Fsp3) is 0.600. The lowest BCUT2D eigenvalue weighted by molar-refractivity contribution is 0.304. The smallest absolute Gasteiger partial charge is 0.0407 e. The van der Waals surface area contributed by atoms with Gasteiger partial charge in [0.2, 0.25) is 0 Å². The van der Waals surface area contributed by atoms with E-state index in [2.05, 4.69) is 57.9 Å². The Morgan fingerprint density at radius 2 is 2.06 bits per heavy atom. The van der Waals surface area contributed by atoms with Crippen molar-refractivity contribution >= 4 is 28.3 Å². The molecule has 2 nitrogen and oxygen atoms in total. The minimum atomic E-state index is 0.409. The van der Waals surface area contributed by atoms with Gasteiger partial charge in [0.25, 0.3) is 0 Å². The summed E-state index contributed by atoms with van der Waals surface area (Å²) in [5.74, 6) is 0. The summed E-state index contributed by atoms with van der Waals surface area (Å²) in [5.41, 5.74) is 3.29. The highest BCUT2D eigenvalue weighted by atomic mass is 127. The molecular formula is C15H21IN2. The summed E-state index contributed by atoms with van der Waals surface area (Å²) >= 11 is 2.44. The van der Waals surface area contributed by atoms with E-state index in [9.17, 15) is 0 Å². The summed E-state index contributed by atoms with van der Waals surface area (Å²) in [4.78, 5) is 2.60. The van der Waals surface area contributed by atoms with Gasteiger partial charge in [-0.05, 0) is 60.1 Å². The Balaban J connectivity index is 1.85. The molecule has 2 aliphatic rings. The largest absolute Gasteiger partial charge is 0.368 e. The van der Waals surface area contributed by atoms with Crippen LogP contribution in [0.4, 0.5) is 5.69 Å². The number of halogens is 1. The molecule has 1 spiro atoms. The van der Waals surface area contributed by atoms with E-state index < -0.39 is 0 Å². The number of anilines is 1. The van der Waals surface area contributed by atoms with Gasteiger partial charge >= 0.3 is 0 Å². The number of piperazine rings is 1. The van der Waals surface area contributed by atoms with Crippen molar-refractivity contribution in [3.8, 4) is 0 Å². The zero-order valence-electron chi connectivity index (χ0n) is 11.0. The molecule has 1 saturated carbocycles. The topological polar surface area (TPSA) is 15.3 Å². The van der Waals surface area contributed by atoms with E-state index in [0.717, 1.165) is 13.1 Å². The molecule has 0 radical (unpaired) electrons. The molecule has 1 N–H and O–H groups in total. The lowest BCUT2D eigenvalue weighted by Crippen LogP contribution is -2.59. The molecule has 1 aliphatic carbocycles. The Kier molecular flexibility index (Phi) is 3.54. The van der Waals surface area contributed by atoms with Crippen molar-refractivity contribution < 1.29 is 0 Å². The summed E-state index contributed by atoms with van der Waals surface area (Å²) in [5, 5.41) is 3.78. The van der Waals surface area contributed by atoms with E-state index in [1.807, 2.05) is 0 Å². The van der Waals surface area contributed by atoms with Gasteiger partial charge in [-0.25, -0.2) is 0 Å². The summed E-state index contributed by atoms with van der Waals surface area (Å²) in [6, 6.07) is 6.67. The molecule has 1 aromatic carbocycles. The second-order valence-corrected chi connectivity index (χ2v) is 6.88. The van der Waals surface area contributed by atoms with Gasteiger partial charge in [-0.1, -0.05) is 18.9 Å². The molecule has 0 atom stereocenters. The van der Waals surface area contributed by atoms with E-state index >= 15 is 0 Å². The molecule has 2 fully saturated rings. The van der Waals surface area contributed by atoms with Crippen molar-refractivity contribution in [2.75, 3.05) is 24.5 Å². The van der Waals surface area contributed by atoms with Gasteiger partial charge < -0.3 is 10.2 Å². The maximum atomic E-state index is 3.78. The summed E-state index contributed by atoms with van der Waals surface area (Å²) in [6.45, 7) is 5.71. The van der Waals surface area contributed by atoms with E-state index in [1.165, 1.54) is 47.0 Å². The van der Waals surface area contributed by atoms with E-state index in [1.54, 1.807) is 0 Å². The number of nitrogens with one attached hydrogen (secondary N) is 1. The van der Waals surface area contributed by atoms with Crippen LogP contribution in [0.3, 0.4) is 0 Å². The highest BCUT2D eigenvalue weighted by molar-refractivity contribution is 14.1. The van der Waals surface area contributed by atoms with Crippen LogP contribution >= 0.6 is 22.6 Å². The van der Waals surface area contributed by atoms with Crippen molar-refractivity contribution in [1.82, 2.24) is 5.32 Å². The Morgan fingerprint density at radius 3 is 2.83 bits per heavy atom. The quantitative estimate of drug-likeness (QED) is 0.777. The first-order chi connectivity index (χ1) is 8.70. The van der Waals surface area contributed by atoms with Crippen molar-refractivity contribution in [3.63, 3.8) is 0 Å². The Morgan fingerprint density at radius 1 is 1.28 bits per heavy atom. The molecule has 0 aromatic heterocycles. The Hall–Kier alpha value is -0.290. The number of nitrogens with zero attached hydrogens (tertiary/aromatic N) is 1. The van der Waals surface area contributed by atoms with Gasteiger partial charge in [-0.15, -0.1) is 0 Å². The molecule has 0 unspecified atom stereocenters. The molecule has 98 valence electrons. The fourth-order valence-electron chi connectivity index (χ4n) is 3.49. The lowest BCUT2D eigenvalue weighted by Gasteiger charge is -2.43. The molecule has 3 rings (SSSR count). The molecule has 3 heteroatoms. The molecule has 0 bridgehead atoms. The lowest BCUT2D eigenvalue weighted by atomic mass is 9.94. The van der Waals surface area contributed by atoms with Crippen LogP contribution in [-0.2, 0) is 0 Å². The van der Waals surface area contributed by atoms with Crippen LogP contribution in [0, 0.1) is 10.5 Å². The standard InChI is InChI=1S/C15H21IN2/c1-12-13(16)5-4-6-14(12)18-10-9-17-15(11-18)7-2-3-8-15/h4-6,17H,2-3,7-11H2,1H3. The third-order valence-electron chi connectivity index (χ3n) is 4.52. The molecule has 1 heterocycles. The second kappa shape index (κ2) is 5.00. The van der Waals surface area contributed by atoms with Crippen molar-refractivity contribution in [2.45, 2.75) is 38.1 Å². The van der Waals surface area contributed by atoms with Gasteiger partial charge in [0.05, 0.1) is 0 Å². The first kappa shape index (κ1) is 12.7. The van der Waals surface area contributed by atoms with Crippen LogP contribution < -0.4 is 10.2 Å². The average Bonchev–Trinajstić information content (AvgIpc) is 2.81. The molecule has 1 saturated heterocycles. The first-order valence-corrected chi connectivity index (χ1v) is 8.03. The van der Waals surface area contributed by atoms with Gasteiger partial charge in [0.15, 0.2) is 0 Å². The van der Waals surface area contributed by atoms with Crippen LogP contribution in [0.2, 0.25) is 0 Å². The highest BCUT2D eigenvalue weighted by Crippen LogP contribution is 2.34. The molecule has 1 aliphatic heterocycles. The number of rotatable bonds is 1. The van der Waals surface area contributed by atoms with Gasteiger partial charge in [0.1, 0.15) is 0 Å². The van der Waals surface area contributed by atoms with E-state index in [4.69, 9.17) is 0 Å². The normalized spacial score (nSPS) is 22.7. The molecular weight excluding hydrogens is 335 g/mol. The third-order valence-corrected chi connectivity index (χ3v) is 5.68. The van der Waals surface area contributed by atoms with Crippen LogP contribution in [0.15, 0.2) is 18.2 Å². The maximum absolute atomic E-state index is 3.78. The predicted molar refractivity (Wildman–Crippen MR) is 85.3 cm³/mol. The van der Waals surface area contributed by atoms with Gasteiger partial charge in [0, 0.05) is 34.4 Å². The Labute approximate surface area is 123 Å². The fourth-order valence-corrected chi connectivity index (χ4v) is 3.97. The zero-order chi connectivity index (χ0) is 12.6. The second-order valence-electron chi connectivity index (χ2n) is 5.72. The molecule has 18 heavy (non-hydrogen) atoms. The van der Waals surface area contributed by atoms with Gasteiger partial charge in [-0.3, -0.25) is 0 Å². The SMILES string of the molecule is Cc1c(I)cccc1N1CCNC2(CCCC2)C1. The minimum Gasteiger partial charge on any atom is -0.368 e. The zero-order valence-corrected chi connectivity index (χ0v) is 13.2.